The molecule has 0 saturated carbocycles. The number of carbonyl (C=O) groups excluding carboxylic acids is 2. The Balaban J connectivity index is 1.35. The number of carbonyl (C=O) groups is 2. The number of likely N-dealkylation sites (tertiary alicyclic amines) is 1. The SMILES string of the molecule is Cc1ccc2c(c1)N(CC(=O)N1C[C@H]3[C@@H](CO)[C@@H]4CC[C@@]3(C1)O4)C(=O)CO2. The van der Waals surface area contributed by atoms with Gasteiger partial charge in [-0.25, -0.2) is 0 Å². The number of ether oxygens (including phenoxy) is 2. The van der Waals surface area contributed by atoms with E-state index in [-0.39, 0.29) is 55.1 Å². The monoisotopic (exact) mass is 372 g/mol. The highest BCUT2D eigenvalue weighted by molar-refractivity contribution is 6.02. The predicted octanol–water partition coefficient (Wildman–Crippen LogP) is 0.719. The van der Waals surface area contributed by atoms with Crippen molar-refractivity contribution in [2.75, 3.05) is 37.7 Å². The summed E-state index contributed by atoms with van der Waals surface area (Å²) >= 11 is 0. The molecule has 7 nitrogen and oxygen atoms in total. The van der Waals surface area contributed by atoms with Crippen molar-refractivity contribution in [1.82, 2.24) is 4.90 Å². The van der Waals surface area contributed by atoms with Gasteiger partial charge < -0.3 is 19.5 Å². The molecule has 7 heteroatoms. The van der Waals surface area contributed by atoms with Crippen LogP contribution in [0.25, 0.3) is 0 Å². The summed E-state index contributed by atoms with van der Waals surface area (Å²) in [5.41, 5.74) is 1.37. The summed E-state index contributed by atoms with van der Waals surface area (Å²) in [6.45, 7) is 3.17. The van der Waals surface area contributed by atoms with E-state index in [1.54, 1.807) is 0 Å². The van der Waals surface area contributed by atoms with E-state index in [1.807, 2.05) is 30.0 Å². The molecule has 2 bridgehead atoms. The van der Waals surface area contributed by atoms with Crippen LogP contribution >= 0.6 is 0 Å². The molecule has 4 atom stereocenters. The number of nitrogens with zero attached hydrogens (tertiary/aromatic N) is 2. The number of aliphatic hydroxyl groups excluding tert-OH is 1. The molecule has 1 spiro atoms. The second kappa shape index (κ2) is 5.94. The molecule has 27 heavy (non-hydrogen) atoms. The highest BCUT2D eigenvalue weighted by Crippen LogP contribution is 2.54. The van der Waals surface area contributed by atoms with Crippen molar-refractivity contribution in [3.05, 3.63) is 23.8 Å². The van der Waals surface area contributed by atoms with E-state index in [0.29, 0.717) is 24.5 Å². The Morgan fingerprint density at radius 1 is 1.41 bits per heavy atom. The van der Waals surface area contributed by atoms with Gasteiger partial charge in [0.2, 0.25) is 5.91 Å². The summed E-state index contributed by atoms with van der Waals surface area (Å²) in [7, 11) is 0. The molecule has 5 rings (SSSR count). The van der Waals surface area contributed by atoms with Gasteiger partial charge >= 0.3 is 0 Å². The maximum Gasteiger partial charge on any atom is 0.265 e. The first-order valence-electron chi connectivity index (χ1n) is 9.61. The quantitative estimate of drug-likeness (QED) is 0.846. The summed E-state index contributed by atoms with van der Waals surface area (Å²) in [6.07, 6.45) is 2.03. The molecule has 4 heterocycles. The van der Waals surface area contributed by atoms with Crippen molar-refractivity contribution in [1.29, 1.82) is 0 Å². The van der Waals surface area contributed by atoms with Crippen LogP contribution in [0.1, 0.15) is 18.4 Å². The lowest BCUT2D eigenvalue weighted by Crippen LogP contribution is -2.46. The number of rotatable bonds is 3. The number of benzene rings is 1. The molecule has 1 aromatic rings. The minimum absolute atomic E-state index is 0.00860. The van der Waals surface area contributed by atoms with Crippen LogP contribution in [0.3, 0.4) is 0 Å². The second-order valence-corrected chi connectivity index (χ2v) is 8.23. The lowest BCUT2D eigenvalue weighted by Gasteiger charge is -2.31. The minimum Gasteiger partial charge on any atom is -0.482 e. The molecule has 2 amide bonds. The van der Waals surface area contributed by atoms with Gasteiger partial charge in [0.05, 0.1) is 23.9 Å². The number of anilines is 1. The van der Waals surface area contributed by atoms with E-state index >= 15 is 0 Å². The van der Waals surface area contributed by atoms with Gasteiger partial charge in [-0.1, -0.05) is 6.07 Å². The molecule has 1 aromatic carbocycles. The van der Waals surface area contributed by atoms with E-state index < -0.39 is 0 Å². The van der Waals surface area contributed by atoms with Gasteiger partial charge in [-0.05, 0) is 37.5 Å². The normalized spacial score (nSPS) is 33.9. The molecule has 0 aromatic heterocycles. The zero-order valence-electron chi connectivity index (χ0n) is 15.4. The van der Waals surface area contributed by atoms with E-state index in [2.05, 4.69) is 0 Å². The number of hydrogen-bond donors (Lipinski definition) is 1. The third kappa shape index (κ3) is 2.48. The van der Waals surface area contributed by atoms with Crippen LogP contribution in [0.5, 0.6) is 5.75 Å². The van der Waals surface area contributed by atoms with Crippen LogP contribution in [-0.4, -0.2) is 66.4 Å². The Labute approximate surface area is 157 Å². The molecule has 144 valence electrons. The van der Waals surface area contributed by atoms with Gasteiger partial charge in [0.1, 0.15) is 12.3 Å². The third-order valence-corrected chi connectivity index (χ3v) is 6.70. The van der Waals surface area contributed by atoms with Crippen LogP contribution in [0.15, 0.2) is 18.2 Å². The maximum absolute atomic E-state index is 13.0. The Kier molecular flexibility index (Phi) is 3.74. The predicted molar refractivity (Wildman–Crippen MR) is 96.5 cm³/mol. The van der Waals surface area contributed by atoms with Crippen LogP contribution < -0.4 is 9.64 Å². The zero-order chi connectivity index (χ0) is 18.8. The molecule has 0 aliphatic carbocycles. The van der Waals surface area contributed by atoms with Crippen molar-refractivity contribution in [2.24, 2.45) is 11.8 Å². The Bertz CT molecular complexity index is 812. The fourth-order valence-corrected chi connectivity index (χ4v) is 5.35. The van der Waals surface area contributed by atoms with Gasteiger partial charge in [0, 0.05) is 25.0 Å². The molecule has 3 saturated heterocycles. The zero-order valence-corrected chi connectivity index (χ0v) is 15.4. The lowest BCUT2D eigenvalue weighted by atomic mass is 9.74. The molecule has 0 unspecified atom stereocenters. The van der Waals surface area contributed by atoms with Crippen molar-refractivity contribution >= 4 is 17.5 Å². The van der Waals surface area contributed by atoms with E-state index in [0.717, 1.165) is 18.4 Å². The van der Waals surface area contributed by atoms with Gasteiger partial charge in [-0.3, -0.25) is 14.5 Å². The lowest BCUT2D eigenvalue weighted by molar-refractivity contribution is -0.132. The van der Waals surface area contributed by atoms with E-state index in [9.17, 15) is 14.7 Å². The molecule has 4 aliphatic rings. The Morgan fingerprint density at radius 3 is 3.07 bits per heavy atom. The van der Waals surface area contributed by atoms with E-state index in [4.69, 9.17) is 9.47 Å². The first-order valence-corrected chi connectivity index (χ1v) is 9.61. The largest absolute Gasteiger partial charge is 0.482 e. The molecule has 3 fully saturated rings. The topological polar surface area (TPSA) is 79.3 Å². The summed E-state index contributed by atoms with van der Waals surface area (Å²) in [5.74, 6) is 0.659. The van der Waals surface area contributed by atoms with Gasteiger partial charge in [0.25, 0.3) is 5.91 Å². The first-order chi connectivity index (χ1) is 13.0. The van der Waals surface area contributed by atoms with Crippen molar-refractivity contribution in [2.45, 2.75) is 31.5 Å². The molecule has 1 N–H and O–H groups in total. The first kappa shape index (κ1) is 17.0. The summed E-state index contributed by atoms with van der Waals surface area (Å²) < 4.78 is 11.7. The van der Waals surface area contributed by atoms with Crippen LogP contribution in [0.2, 0.25) is 0 Å². The Hall–Kier alpha value is -2.12. The van der Waals surface area contributed by atoms with Crippen LogP contribution in [0.4, 0.5) is 5.69 Å². The number of fused-ring (bicyclic) bond motifs is 2. The smallest absolute Gasteiger partial charge is 0.265 e. The van der Waals surface area contributed by atoms with Gasteiger partial charge in [-0.2, -0.15) is 0 Å². The second-order valence-electron chi connectivity index (χ2n) is 8.23. The molecular formula is C20H24N2O5. The van der Waals surface area contributed by atoms with Crippen molar-refractivity contribution < 1.29 is 24.2 Å². The molecule has 0 radical (unpaired) electrons. The van der Waals surface area contributed by atoms with Crippen LogP contribution in [-0.2, 0) is 14.3 Å². The fraction of sp³-hybridized carbons (Fsp3) is 0.600. The van der Waals surface area contributed by atoms with Gasteiger partial charge in [-0.15, -0.1) is 0 Å². The Morgan fingerprint density at radius 2 is 2.26 bits per heavy atom. The highest BCUT2D eigenvalue weighted by Gasteiger charge is 2.63. The standard InChI is InChI=1S/C20H24N2O5/c1-12-2-3-17-15(6-12)22(19(25)10-26-17)8-18(24)21-7-14-13(9-23)16-4-5-20(14,11-21)27-16/h2-3,6,13-14,16,23H,4-5,7-11H2,1H3/t13-,14+,16+,20+/m1/s1. The fourth-order valence-electron chi connectivity index (χ4n) is 5.35. The number of aryl methyl sites for hydroxylation is 1. The molecule has 4 aliphatic heterocycles. The average Bonchev–Trinajstić information content (AvgIpc) is 3.31. The maximum atomic E-state index is 13.0. The summed E-state index contributed by atoms with van der Waals surface area (Å²) in [5, 5.41) is 9.74. The minimum atomic E-state index is -0.294. The number of amides is 2. The van der Waals surface area contributed by atoms with Crippen LogP contribution in [0, 0.1) is 18.8 Å². The van der Waals surface area contributed by atoms with Crippen molar-refractivity contribution in [3.8, 4) is 5.75 Å². The van der Waals surface area contributed by atoms with Crippen molar-refractivity contribution in [3.63, 3.8) is 0 Å². The average molecular weight is 372 g/mol. The highest BCUT2D eigenvalue weighted by atomic mass is 16.5. The number of hydrogen-bond acceptors (Lipinski definition) is 5. The summed E-state index contributed by atoms with van der Waals surface area (Å²) in [6, 6.07) is 5.65. The number of aliphatic hydroxyl groups is 1. The summed E-state index contributed by atoms with van der Waals surface area (Å²) in [4.78, 5) is 28.8. The molecular weight excluding hydrogens is 348 g/mol. The van der Waals surface area contributed by atoms with Gasteiger partial charge in [0.15, 0.2) is 6.61 Å². The third-order valence-electron chi connectivity index (χ3n) is 6.70. The van der Waals surface area contributed by atoms with E-state index in [1.165, 1.54) is 4.90 Å².